The van der Waals surface area contributed by atoms with E-state index in [9.17, 15) is 4.39 Å². The van der Waals surface area contributed by atoms with Crippen molar-refractivity contribution in [3.63, 3.8) is 0 Å². The number of benzene rings is 1. The van der Waals surface area contributed by atoms with Gasteiger partial charge in [-0.1, -0.05) is 46.8 Å². The van der Waals surface area contributed by atoms with E-state index in [-0.39, 0.29) is 16.6 Å². The Morgan fingerprint density at radius 1 is 1.00 bits per heavy atom. The minimum atomic E-state index is -0.179. The summed E-state index contributed by atoms with van der Waals surface area (Å²) in [7, 11) is 1.99. The van der Waals surface area contributed by atoms with Gasteiger partial charge in [-0.15, -0.1) is 0 Å². The molecule has 17 heavy (non-hydrogen) atoms. The molecule has 0 amide bonds. The summed E-state index contributed by atoms with van der Waals surface area (Å²) in [6.45, 7) is 11.1. The molecule has 0 radical (unpaired) electrons. The van der Waals surface area contributed by atoms with E-state index in [0.717, 1.165) is 5.56 Å². The highest BCUT2D eigenvalue weighted by atomic mass is 19.1. The van der Waals surface area contributed by atoms with Crippen molar-refractivity contribution < 1.29 is 4.39 Å². The van der Waals surface area contributed by atoms with Crippen molar-refractivity contribution in [2.45, 2.75) is 46.1 Å². The molecule has 1 rings (SSSR count). The first-order valence-corrected chi connectivity index (χ1v) is 6.13. The second-order valence-corrected chi connectivity index (χ2v) is 6.32. The minimum Gasteiger partial charge on any atom is -0.316 e. The van der Waals surface area contributed by atoms with Gasteiger partial charge in [0.2, 0.25) is 0 Å². The van der Waals surface area contributed by atoms with Crippen molar-refractivity contribution in [1.29, 1.82) is 0 Å². The summed E-state index contributed by atoms with van der Waals surface area (Å²) in [5.74, 6) is -0.179. The lowest BCUT2D eigenvalue weighted by molar-refractivity contribution is 0.192. The highest BCUT2D eigenvalue weighted by Crippen LogP contribution is 2.36. The summed E-state index contributed by atoms with van der Waals surface area (Å²) in [5.41, 5.74) is 1.26. The fourth-order valence-corrected chi connectivity index (χ4v) is 2.92. The lowest BCUT2D eigenvalue weighted by atomic mass is 9.67. The Morgan fingerprint density at radius 3 is 1.82 bits per heavy atom. The summed E-state index contributed by atoms with van der Waals surface area (Å²) >= 11 is 0. The van der Waals surface area contributed by atoms with Crippen LogP contribution in [-0.4, -0.2) is 13.1 Å². The largest absolute Gasteiger partial charge is 0.316 e. The van der Waals surface area contributed by atoms with Crippen LogP contribution in [0.2, 0.25) is 0 Å². The molecule has 0 aliphatic rings. The molecule has 0 aliphatic carbocycles. The van der Waals surface area contributed by atoms with Crippen LogP contribution < -0.4 is 5.32 Å². The van der Waals surface area contributed by atoms with Crippen LogP contribution in [0.3, 0.4) is 0 Å². The van der Waals surface area contributed by atoms with Gasteiger partial charge in [0.05, 0.1) is 0 Å². The molecule has 0 spiro atoms. The van der Waals surface area contributed by atoms with Gasteiger partial charge in [-0.25, -0.2) is 4.39 Å². The number of likely N-dealkylation sites (N-methyl/N-ethyl adjacent to an activating group) is 1. The van der Waals surface area contributed by atoms with Crippen molar-refractivity contribution in [3.05, 3.63) is 35.6 Å². The second-order valence-electron chi connectivity index (χ2n) is 6.32. The summed E-state index contributed by atoms with van der Waals surface area (Å²) in [4.78, 5) is 0. The summed E-state index contributed by atoms with van der Waals surface area (Å²) in [6, 6.07) is 7.15. The van der Waals surface area contributed by atoms with E-state index in [4.69, 9.17) is 0 Å². The molecule has 1 unspecified atom stereocenters. The molecule has 1 atom stereocenters. The Kier molecular flexibility index (Phi) is 3.98. The Hall–Kier alpha value is -0.890. The van der Waals surface area contributed by atoms with Crippen molar-refractivity contribution in [2.24, 2.45) is 5.41 Å². The van der Waals surface area contributed by atoms with E-state index in [1.165, 1.54) is 12.1 Å². The normalized spacial score (nSPS) is 14.8. The van der Waals surface area contributed by atoms with Gasteiger partial charge < -0.3 is 5.32 Å². The highest BCUT2D eigenvalue weighted by Gasteiger charge is 2.37. The van der Waals surface area contributed by atoms with E-state index in [2.05, 4.69) is 39.9 Å². The van der Waals surface area contributed by atoms with Gasteiger partial charge in [0, 0.05) is 11.5 Å². The van der Waals surface area contributed by atoms with Crippen LogP contribution in [0.25, 0.3) is 0 Å². The van der Waals surface area contributed by atoms with Crippen molar-refractivity contribution in [1.82, 2.24) is 5.32 Å². The van der Waals surface area contributed by atoms with Gasteiger partial charge in [0.25, 0.3) is 0 Å². The first kappa shape index (κ1) is 14.2. The molecular formula is C15H24FN. The molecule has 0 saturated carbocycles. The predicted octanol–water partition coefficient (Wildman–Crippen LogP) is 3.74. The predicted molar refractivity (Wildman–Crippen MR) is 71.7 cm³/mol. The van der Waals surface area contributed by atoms with Crippen LogP contribution in [-0.2, 0) is 5.41 Å². The number of hydrogen-bond donors (Lipinski definition) is 1. The minimum absolute atomic E-state index is 0.0410. The van der Waals surface area contributed by atoms with Crippen LogP contribution >= 0.6 is 0 Å². The molecule has 0 saturated heterocycles. The zero-order valence-corrected chi connectivity index (χ0v) is 11.8. The molecule has 0 fully saturated rings. The van der Waals surface area contributed by atoms with Gasteiger partial charge in [-0.2, -0.15) is 0 Å². The molecule has 96 valence electrons. The van der Waals surface area contributed by atoms with Crippen molar-refractivity contribution in [2.75, 3.05) is 7.05 Å². The summed E-state index contributed by atoms with van der Waals surface area (Å²) in [6.07, 6.45) is 0. The zero-order valence-electron chi connectivity index (χ0n) is 11.8. The molecule has 1 aromatic carbocycles. The van der Waals surface area contributed by atoms with E-state index >= 15 is 0 Å². The lowest BCUT2D eigenvalue weighted by Gasteiger charge is -2.43. The molecule has 0 aliphatic heterocycles. The number of hydrogen-bond acceptors (Lipinski definition) is 1. The standard InChI is InChI=1S/C15H24FN/c1-14(2,3)13(17-6)15(4,5)11-7-9-12(16)10-8-11/h7-10,13,17H,1-6H3. The van der Waals surface area contributed by atoms with Gasteiger partial charge in [0.1, 0.15) is 5.82 Å². The Labute approximate surface area is 104 Å². The topological polar surface area (TPSA) is 12.0 Å². The molecule has 0 bridgehead atoms. The van der Waals surface area contributed by atoms with Crippen LogP contribution in [0.1, 0.15) is 40.2 Å². The maximum Gasteiger partial charge on any atom is 0.123 e. The molecule has 1 N–H and O–H groups in total. The third kappa shape index (κ3) is 3.06. The molecule has 2 heteroatoms. The van der Waals surface area contributed by atoms with E-state index in [1.807, 2.05) is 19.2 Å². The fraction of sp³-hybridized carbons (Fsp3) is 0.600. The number of halogens is 1. The Morgan fingerprint density at radius 2 is 1.47 bits per heavy atom. The van der Waals surface area contributed by atoms with Gasteiger partial charge in [-0.05, 0) is 30.2 Å². The van der Waals surface area contributed by atoms with Gasteiger partial charge in [0.15, 0.2) is 0 Å². The van der Waals surface area contributed by atoms with E-state index < -0.39 is 0 Å². The number of nitrogens with one attached hydrogen (secondary N) is 1. The molecule has 0 heterocycles. The van der Waals surface area contributed by atoms with E-state index in [0.29, 0.717) is 6.04 Å². The average Bonchev–Trinajstić information content (AvgIpc) is 2.16. The van der Waals surface area contributed by atoms with Crippen LogP contribution in [0.4, 0.5) is 4.39 Å². The monoisotopic (exact) mass is 237 g/mol. The average molecular weight is 237 g/mol. The molecular weight excluding hydrogens is 213 g/mol. The van der Waals surface area contributed by atoms with Crippen LogP contribution in [0.15, 0.2) is 24.3 Å². The number of rotatable bonds is 3. The third-order valence-corrected chi connectivity index (χ3v) is 3.46. The first-order chi connectivity index (χ1) is 7.69. The SMILES string of the molecule is CNC(C(C)(C)C)C(C)(C)c1ccc(F)cc1. The van der Waals surface area contributed by atoms with Crippen molar-refractivity contribution in [3.8, 4) is 0 Å². The molecule has 1 aromatic rings. The maximum absolute atomic E-state index is 13.0. The van der Waals surface area contributed by atoms with E-state index in [1.54, 1.807) is 0 Å². The summed E-state index contributed by atoms with van der Waals surface area (Å²) < 4.78 is 13.0. The second kappa shape index (κ2) is 4.77. The Bertz CT molecular complexity index is 360. The van der Waals surface area contributed by atoms with Crippen molar-refractivity contribution >= 4 is 0 Å². The summed E-state index contributed by atoms with van der Waals surface area (Å²) in [5, 5.41) is 3.40. The van der Waals surface area contributed by atoms with Crippen LogP contribution in [0.5, 0.6) is 0 Å². The Balaban J connectivity index is 3.12. The van der Waals surface area contributed by atoms with Crippen LogP contribution in [0, 0.1) is 11.2 Å². The molecule has 1 nitrogen and oxygen atoms in total. The van der Waals surface area contributed by atoms with Gasteiger partial charge >= 0.3 is 0 Å². The first-order valence-electron chi connectivity index (χ1n) is 6.13. The smallest absolute Gasteiger partial charge is 0.123 e. The fourth-order valence-electron chi connectivity index (χ4n) is 2.92. The van der Waals surface area contributed by atoms with Gasteiger partial charge in [-0.3, -0.25) is 0 Å². The quantitative estimate of drug-likeness (QED) is 0.844. The molecule has 0 aromatic heterocycles. The lowest BCUT2D eigenvalue weighted by Crippen LogP contribution is -2.51. The maximum atomic E-state index is 13.0. The third-order valence-electron chi connectivity index (χ3n) is 3.46. The zero-order chi connectivity index (χ0) is 13.3. The highest BCUT2D eigenvalue weighted by molar-refractivity contribution is 5.27.